The number of aliphatic hydroxyl groups excluding tert-OH is 1. The number of carbonyl (C=O) groups excluding carboxylic acids is 2. The number of benzene rings is 2. The van der Waals surface area contributed by atoms with Gasteiger partial charge in [0.25, 0.3) is 11.7 Å². The molecule has 0 spiro atoms. The first-order valence-electron chi connectivity index (χ1n) is 9.66. The first-order chi connectivity index (χ1) is 14.5. The third-order valence-corrected chi connectivity index (χ3v) is 4.95. The number of ketones is 1. The van der Waals surface area contributed by atoms with Crippen molar-refractivity contribution in [2.45, 2.75) is 13.0 Å². The van der Waals surface area contributed by atoms with E-state index in [0.717, 1.165) is 0 Å². The summed E-state index contributed by atoms with van der Waals surface area (Å²) in [4.78, 5) is 27.0. The number of hydrogen-bond acceptors (Lipinski definition) is 6. The van der Waals surface area contributed by atoms with Gasteiger partial charge in [-0.1, -0.05) is 12.1 Å². The minimum Gasteiger partial charge on any atom is -0.507 e. The standard InChI is InChI=1S/C23H25NO6/c1-4-30-18-11-7-16(8-12-18)21(25)19-20(15-5-9-17(29-3)10-6-15)24(13-14-28-2)23(27)22(19)26/h5-12,20,25H,4,13-14H2,1-3H3/b21-19+/t20-/m0/s1. The number of carbonyl (C=O) groups is 2. The Bertz CT molecular complexity index is 933. The molecule has 1 N–H and O–H groups in total. The van der Waals surface area contributed by atoms with Gasteiger partial charge in [0.2, 0.25) is 0 Å². The summed E-state index contributed by atoms with van der Waals surface area (Å²) in [5, 5.41) is 11.0. The van der Waals surface area contributed by atoms with Gasteiger partial charge in [-0.15, -0.1) is 0 Å². The molecule has 0 unspecified atom stereocenters. The molecule has 0 aromatic heterocycles. The monoisotopic (exact) mass is 411 g/mol. The Morgan fingerprint density at radius 1 is 1.00 bits per heavy atom. The second-order valence-electron chi connectivity index (χ2n) is 6.72. The van der Waals surface area contributed by atoms with E-state index in [4.69, 9.17) is 14.2 Å². The maximum Gasteiger partial charge on any atom is 0.295 e. The Kier molecular flexibility index (Phi) is 6.74. The zero-order valence-corrected chi connectivity index (χ0v) is 17.3. The Balaban J connectivity index is 2.08. The maximum absolute atomic E-state index is 12.9. The molecule has 1 atom stereocenters. The summed E-state index contributed by atoms with van der Waals surface area (Å²) in [5.41, 5.74) is 1.17. The molecule has 0 bridgehead atoms. The van der Waals surface area contributed by atoms with Crippen molar-refractivity contribution in [1.82, 2.24) is 4.90 Å². The zero-order valence-electron chi connectivity index (χ0n) is 17.3. The van der Waals surface area contributed by atoms with Crippen LogP contribution in [-0.4, -0.2) is 55.7 Å². The number of likely N-dealkylation sites (tertiary alicyclic amines) is 1. The molecular weight excluding hydrogens is 386 g/mol. The first kappa shape index (κ1) is 21.4. The number of nitrogens with zero attached hydrogens (tertiary/aromatic N) is 1. The quantitative estimate of drug-likeness (QED) is 0.408. The summed E-state index contributed by atoms with van der Waals surface area (Å²) in [6.07, 6.45) is 0. The molecule has 1 aliphatic heterocycles. The molecule has 1 amide bonds. The van der Waals surface area contributed by atoms with E-state index in [1.165, 1.54) is 12.0 Å². The van der Waals surface area contributed by atoms with E-state index < -0.39 is 17.7 Å². The van der Waals surface area contributed by atoms with Crippen molar-refractivity contribution < 1.29 is 28.9 Å². The van der Waals surface area contributed by atoms with Crippen LogP contribution in [0.4, 0.5) is 0 Å². The van der Waals surface area contributed by atoms with Crippen LogP contribution in [0.5, 0.6) is 11.5 Å². The Hall–Kier alpha value is -3.32. The second kappa shape index (κ2) is 9.45. The van der Waals surface area contributed by atoms with Crippen LogP contribution in [0.2, 0.25) is 0 Å². The summed E-state index contributed by atoms with van der Waals surface area (Å²) in [6, 6.07) is 13.1. The van der Waals surface area contributed by atoms with Crippen molar-refractivity contribution in [1.29, 1.82) is 0 Å². The molecule has 1 fully saturated rings. The molecule has 30 heavy (non-hydrogen) atoms. The first-order valence-corrected chi connectivity index (χ1v) is 9.66. The van der Waals surface area contributed by atoms with E-state index >= 15 is 0 Å². The minimum atomic E-state index is -0.724. The van der Waals surface area contributed by atoms with Crippen LogP contribution in [0.15, 0.2) is 54.1 Å². The normalized spacial score (nSPS) is 18.0. The minimum absolute atomic E-state index is 0.0467. The fourth-order valence-electron chi connectivity index (χ4n) is 3.46. The number of aliphatic hydroxyl groups is 1. The van der Waals surface area contributed by atoms with Crippen molar-refractivity contribution in [2.24, 2.45) is 0 Å². The summed E-state index contributed by atoms with van der Waals surface area (Å²) in [5.74, 6) is -0.309. The van der Waals surface area contributed by atoms with Crippen LogP contribution in [0.25, 0.3) is 5.76 Å². The predicted molar refractivity (Wildman–Crippen MR) is 111 cm³/mol. The molecule has 158 valence electrons. The third-order valence-electron chi connectivity index (χ3n) is 4.95. The molecule has 0 radical (unpaired) electrons. The largest absolute Gasteiger partial charge is 0.507 e. The van der Waals surface area contributed by atoms with E-state index in [-0.39, 0.29) is 24.5 Å². The highest BCUT2D eigenvalue weighted by Crippen LogP contribution is 2.39. The number of hydrogen-bond donors (Lipinski definition) is 1. The summed E-state index contributed by atoms with van der Waals surface area (Å²) in [6.45, 7) is 2.89. The van der Waals surface area contributed by atoms with Gasteiger partial charge in [-0.25, -0.2) is 0 Å². The lowest BCUT2D eigenvalue weighted by molar-refractivity contribution is -0.140. The van der Waals surface area contributed by atoms with Crippen LogP contribution in [0, 0.1) is 0 Å². The number of Topliss-reactive ketones (excluding diaryl/α,β-unsaturated/α-hetero) is 1. The number of ether oxygens (including phenoxy) is 3. The molecular formula is C23H25NO6. The Morgan fingerprint density at radius 2 is 1.63 bits per heavy atom. The smallest absolute Gasteiger partial charge is 0.295 e. The molecule has 1 aliphatic rings. The average Bonchev–Trinajstić information content (AvgIpc) is 3.02. The van der Waals surface area contributed by atoms with Gasteiger partial charge in [-0.2, -0.15) is 0 Å². The van der Waals surface area contributed by atoms with Gasteiger partial charge < -0.3 is 24.2 Å². The molecule has 3 rings (SSSR count). The van der Waals surface area contributed by atoms with E-state index in [1.807, 2.05) is 6.92 Å². The molecule has 7 nitrogen and oxygen atoms in total. The summed E-state index contributed by atoms with van der Waals surface area (Å²) >= 11 is 0. The number of amides is 1. The average molecular weight is 411 g/mol. The fourth-order valence-corrected chi connectivity index (χ4v) is 3.46. The third kappa shape index (κ3) is 4.16. The lowest BCUT2D eigenvalue weighted by Crippen LogP contribution is -2.32. The fraction of sp³-hybridized carbons (Fsp3) is 0.304. The van der Waals surface area contributed by atoms with Crippen molar-refractivity contribution in [3.05, 3.63) is 65.2 Å². The van der Waals surface area contributed by atoms with Crippen LogP contribution in [0.3, 0.4) is 0 Å². The molecule has 7 heteroatoms. The highest BCUT2D eigenvalue weighted by molar-refractivity contribution is 6.46. The Labute approximate surface area is 175 Å². The number of rotatable bonds is 8. The van der Waals surface area contributed by atoms with Gasteiger partial charge >= 0.3 is 0 Å². The van der Waals surface area contributed by atoms with Crippen LogP contribution < -0.4 is 9.47 Å². The van der Waals surface area contributed by atoms with E-state index in [2.05, 4.69) is 0 Å². The predicted octanol–water partition coefficient (Wildman–Crippen LogP) is 3.16. The van der Waals surface area contributed by atoms with Crippen LogP contribution in [0.1, 0.15) is 24.1 Å². The lowest BCUT2D eigenvalue weighted by atomic mass is 9.95. The highest BCUT2D eigenvalue weighted by atomic mass is 16.5. The molecule has 2 aromatic carbocycles. The molecule has 2 aromatic rings. The van der Waals surface area contributed by atoms with Gasteiger partial charge in [0.1, 0.15) is 17.3 Å². The molecule has 1 heterocycles. The van der Waals surface area contributed by atoms with Gasteiger partial charge in [-0.05, 0) is 48.9 Å². The highest BCUT2D eigenvalue weighted by Gasteiger charge is 2.45. The molecule has 0 saturated carbocycles. The van der Waals surface area contributed by atoms with Gasteiger partial charge in [0.05, 0.1) is 31.9 Å². The molecule has 1 saturated heterocycles. The maximum atomic E-state index is 12.9. The van der Waals surface area contributed by atoms with Gasteiger partial charge in [-0.3, -0.25) is 9.59 Å². The van der Waals surface area contributed by atoms with E-state index in [9.17, 15) is 14.7 Å². The van der Waals surface area contributed by atoms with Gasteiger partial charge in [0.15, 0.2) is 0 Å². The SMILES string of the molecule is CCOc1ccc(/C(O)=C2\C(=O)C(=O)N(CCOC)[C@H]2c2ccc(OC)cc2)cc1. The second-order valence-corrected chi connectivity index (χ2v) is 6.72. The van der Waals surface area contributed by atoms with E-state index in [1.54, 1.807) is 55.6 Å². The van der Waals surface area contributed by atoms with Crippen molar-refractivity contribution in [3.8, 4) is 11.5 Å². The topological polar surface area (TPSA) is 85.3 Å². The summed E-state index contributed by atoms with van der Waals surface area (Å²) in [7, 11) is 3.09. The zero-order chi connectivity index (χ0) is 21.7. The van der Waals surface area contributed by atoms with E-state index in [0.29, 0.717) is 29.2 Å². The summed E-state index contributed by atoms with van der Waals surface area (Å²) < 4.78 is 15.7. The van der Waals surface area contributed by atoms with Crippen LogP contribution in [-0.2, 0) is 14.3 Å². The van der Waals surface area contributed by atoms with Crippen molar-refractivity contribution >= 4 is 17.4 Å². The lowest BCUT2D eigenvalue weighted by Gasteiger charge is -2.25. The van der Waals surface area contributed by atoms with Crippen molar-refractivity contribution in [2.75, 3.05) is 34.0 Å². The molecule has 0 aliphatic carbocycles. The van der Waals surface area contributed by atoms with Crippen molar-refractivity contribution in [3.63, 3.8) is 0 Å². The Morgan fingerprint density at radius 3 is 2.20 bits per heavy atom. The van der Waals surface area contributed by atoms with Gasteiger partial charge in [0, 0.05) is 19.2 Å². The van der Waals surface area contributed by atoms with Crippen LogP contribution >= 0.6 is 0 Å². The number of methoxy groups -OCH3 is 2.